The molecule has 1 fully saturated rings. The predicted octanol–water partition coefficient (Wildman–Crippen LogP) is 4.15. The van der Waals surface area contributed by atoms with E-state index in [2.05, 4.69) is 62.5 Å². The topological polar surface area (TPSA) is 35.6 Å². The van der Waals surface area contributed by atoms with Gasteiger partial charge in [-0.2, -0.15) is 0 Å². The Balaban J connectivity index is 0.00000225. The van der Waals surface area contributed by atoms with E-state index in [1.165, 1.54) is 11.3 Å². The first kappa shape index (κ1) is 19.6. The number of anilines is 2. The SMILES string of the molecule is CC(=O)N1CCN(c2ccc(NCc3cccc(Br)c3)cc2)CC1.Cl. The number of halogens is 2. The Morgan fingerprint density at radius 1 is 1.08 bits per heavy atom. The lowest BCUT2D eigenvalue weighted by Crippen LogP contribution is -2.48. The molecule has 0 unspecified atom stereocenters. The number of rotatable bonds is 4. The summed E-state index contributed by atoms with van der Waals surface area (Å²) in [6.07, 6.45) is 0. The van der Waals surface area contributed by atoms with E-state index in [1.54, 1.807) is 6.92 Å². The summed E-state index contributed by atoms with van der Waals surface area (Å²) in [5.74, 6) is 0.168. The number of carbonyl (C=O) groups excluding carboxylic acids is 1. The smallest absolute Gasteiger partial charge is 0.219 e. The average Bonchev–Trinajstić information content (AvgIpc) is 2.61. The van der Waals surface area contributed by atoms with Crippen molar-refractivity contribution in [3.05, 3.63) is 58.6 Å². The van der Waals surface area contributed by atoms with Crippen LogP contribution in [0.2, 0.25) is 0 Å². The Labute approximate surface area is 163 Å². The molecule has 0 aromatic heterocycles. The maximum atomic E-state index is 11.4. The van der Waals surface area contributed by atoms with Crippen molar-refractivity contribution in [2.24, 2.45) is 0 Å². The van der Waals surface area contributed by atoms with Gasteiger partial charge in [-0.1, -0.05) is 28.1 Å². The number of hydrogen-bond acceptors (Lipinski definition) is 3. The van der Waals surface area contributed by atoms with Crippen molar-refractivity contribution >= 4 is 45.6 Å². The van der Waals surface area contributed by atoms with E-state index in [4.69, 9.17) is 0 Å². The molecule has 4 nitrogen and oxygen atoms in total. The van der Waals surface area contributed by atoms with Crippen molar-refractivity contribution in [1.29, 1.82) is 0 Å². The highest BCUT2D eigenvalue weighted by Crippen LogP contribution is 2.20. The lowest BCUT2D eigenvalue weighted by molar-refractivity contribution is -0.129. The molecule has 2 aromatic rings. The van der Waals surface area contributed by atoms with Crippen LogP contribution in [-0.4, -0.2) is 37.0 Å². The van der Waals surface area contributed by atoms with Gasteiger partial charge in [0.15, 0.2) is 0 Å². The number of carbonyl (C=O) groups is 1. The zero-order chi connectivity index (χ0) is 16.9. The van der Waals surface area contributed by atoms with Gasteiger partial charge in [0.25, 0.3) is 0 Å². The lowest BCUT2D eigenvalue weighted by atomic mass is 10.2. The predicted molar refractivity (Wildman–Crippen MR) is 110 cm³/mol. The summed E-state index contributed by atoms with van der Waals surface area (Å²) in [5.41, 5.74) is 3.57. The maximum absolute atomic E-state index is 11.4. The van der Waals surface area contributed by atoms with Crippen molar-refractivity contribution in [3.63, 3.8) is 0 Å². The molecule has 1 aliphatic heterocycles. The van der Waals surface area contributed by atoms with Crippen molar-refractivity contribution in [2.45, 2.75) is 13.5 Å². The van der Waals surface area contributed by atoms with E-state index in [0.29, 0.717) is 0 Å². The number of amides is 1. The second kappa shape index (κ2) is 9.11. The molecule has 0 atom stereocenters. The van der Waals surface area contributed by atoms with Gasteiger partial charge in [0.2, 0.25) is 5.91 Å². The van der Waals surface area contributed by atoms with Gasteiger partial charge in [0.1, 0.15) is 0 Å². The minimum atomic E-state index is 0. The van der Waals surface area contributed by atoms with Crippen LogP contribution in [0.5, 0.6) is 0 Å². The number of benzene rings is 2. The molecule has 3 rings (SSSR count). The number of hydrogen-bond donors (Lipinski definition) is 1. The van der Waals surface area contributed by atoms with Crippen molar-refractivity contribution in [2.75, 3.05) is 36.4 Å². The first-order valence-electron chi connectivity index (χ1n) is 8.21. The molecule has 1 heterocycles. The second-order valence-electron chi connectivity index (χ2n) is 6.02. The van der Waals surface area contributed by atoms with E-state index in [9.17, 15) is 4.79 Å². The molecule has 1 saturated heterocycles. The third-order valence-corrected chi connectivity index (χ3v) is 4.84. The molecule has 6 heteroatoms. The molecular weight excluding hydrogens is 402 g/mol. The highest BCUT2D eigenvalue weighted by molar-refractivity contribution is 9.10. The van der Waals surface area contributed by atoms with Gasteiger partial charge in [0, 0.05) is 55.5 Å². The van der Waals surface area contributed by atoms with Gasteiger partial charge in [-0.3, -0.25) is 4.79 Å². The highest BCUT2D eigenvalue weighted by Gasteiger charge is 2.18. The Bertz CT molecular complexity index is 700. The third-order valence-electron chi connectivity index (χ3n) is 4.34. The summed E-state index contributed by atoms with van der Waals surface area (Å²) in [6, 6.07) is 16.8. The van der Waals surface area contributed by atoms with Crippen LogP contribution in [0.25, 0.3) is 0 Å². The normalized spacial score (nSPS) is 14.0. The molecule has 0 aliphatic carbocycles. The molecule has 2 aromatic carbocycles. The van der Waals surface area contributed by atoms with E-state index >= 15 is 0 Å². The van der Waals surface area contributed by atoms with E-state index < -0.39 is 0 Å². The molecule has 134 valence electrons. The minimum Gasteiger partial charge on any atom is -0.381 e. The zero-order valence-corrected chi connectivity index (χ0v) is 16.6. The lowest BCUT2D eigenvalue weighted by Gasteiger charge is -2.35. The summed E-state index contributed by atoms with van der Waals surface area (Å²) in [5, 5.41) is 3.45. The van der Waals surface area contributed by atoms with Crippen LogP contribution in [0, 0.1) is 0 Å². The fraction of sp³-hybridized carbons (Fsp3) is 0.316. The average molecular weight is 425 g/mol. The fourth-order valence-electron chi connectivity index (χ4n) is 2.92. The largest absolute Gasteiger partial charge is 0.381 e. The minimum absolute atomic E-state index is 0. The quantitative estimate of drug-likeness (QED) is 0.801. The molecule has 0 radical (unpaired) electrons. The maximum Gasteiger partial charge on any atom is 0.219 e. The van der Waals surface area contributed by atoms with E-state index in [0.717, 1.165) is 42.9 Å². The molecule has 1 amide bonds. The monoisotopic (exact) mass is 423 g/mol. The van der Waals surface area contributed by atoms with Gasteiger partial charge in [-0.15, -0.1) is 12.4 Å². The van der Waals surface area contributed by atoms with Crippen molar-refractivity contribution in [3.8, 4) is 0 Å². The molecule has 1 aliphatic rings. The van der Waals surface area contributed by atoms with Gasteiger partial charge < -0.3 is 15.1 Å². The van der Waals surface area contributed by atoms with Gasteiger partial charge in [-0.05, 0) is 42.0 Å². The van der Waals surface area contributed by atoms with Crippen LogP contribution in [0.3, 0.4) is 0 Å². The fourth-order valence-corrected chi connectivity index (χ4v) is 3.37. The van der Waals surface area contributed by atoms with Gasteiger partial charge in [-0.25, -0.2) is 0 Å². The Hall–Kier alpha value is -1.72. The number of nitrogens with zero attached hydrogens (tertiary/aromatic N) is 2. The Kier molecular flexibility index (Phi) is 7.14. The summed E-state index contributed by atoms with van der Waals surface area (Å²) in [7, 11) is 0. The van der Waals surface area contributed by atoms with Crippen LogP contribution in [0.15, 0.2) is 53.0 Å². The molecule has 25 heavy (non-hydrogen) atoms. The van der Waals surface area contributed by atoms with Crippen LogP contribution >= 0.6 is 28.3 Å². The highest BCUT2D eigenvalue weighted by atomic mass is 79.9. The Morgan fingerprint density at radius 3 is 2.36 bits per heavy atom. The molecular formula is C19H23BrClN3O. The van der Waals surface area contributed by atoms with Gasteiger partial charge in [0.05, 0.1) is 0 Å². The van der Waals surface area contributed by atoms with Crippen LogP contribution in [0.1, 0.15) is 12.5 Å². The van der Waals surface area contributed by atoms with Crippen molar-refractivity contribution < 1.29 is 4.79 Å². The first-order chi connectivity index (χ1) is 11.6. The second-order valence-corrected chi connectivity index (χ2v) is 6.94. The summed E-state index contributed by atoms with van der Waals surface area (Å²) >= 11 is 3.50. The first-order valence-corrected chi connectivity index (χ1v) is 9.00. The summed E-state index contributed by atoms with van der Waals surface area (Å²) in [6.45, 7) is 5.84. The van der Waals surface area contributed by atoms with Crippen molar-refractivity contribution in [1.82, 2.24) is 4.90 Å². The van der Waals surface area contributed by atoms with Crippen LogP contribution in [-0.2, 0) is 11.3 Å². The Morgan fingerprint density at radius 2 is 1.76 bits per heavy atom. The molecule has 1 N–H and O–H groups in total. The standard InChI is InChI=1S/C19H22BrN3O.ClH/c1-15(24)22-9-11-23(12-10-22)19-7-5-18(6-8-19)21-14-16-3-2-4-17(20)13-16;/h2-8,13,21H,9-12,14H2,1H3;1H. The van der Waals surface area contributed by atoms with Crippen LogP contribution < -0.4 is 10.2 Å². The van der Waals surface area contributed by atoms with E-state index in [1.807, 2.05) is 17.0 Å². The van der Waals surface area contributed by atoms with E-state index in [-0.39, 0.29) is 18.3 Å². The van der Waals surface area contributed by atoms with Gasteiger partial charge >= 0.3 is 0 Å². The summed E-state index contributed by atoms with van der Waals surface area (Å²) < 4.78 is 1.10. The third kappa shape index (κ3) is 5.38. The number of nitrogens with one attached hydrogen (secondary N) is 1. The summed E-state index contributed by atoms with van der Waals surface area (Å²) in [4.78, 5) is 15.6. The van der Waals surface area contributed by atoms with Crippen LogP contribution in [0.4, 0.5) is 11.4 Å². The molecule has 0 spiro atoms. The number of piperazine rings is 1. The molecule has 0 saturated carbocycles. The molecule has 0 bridgehead atoms. The zero-order valence-electron chi connectivity index (χ0n) is 14.2.